The molecule has 0 radical (unpaired) electrons. The summed E-state index contributed by atoms with van der Waals surface area (Å²) in [7, 11) is 1.77. The molecule has 2 saturated carbocycles. The maximum atomic E-state index is 5.41. The Morgan fingerprint density at radius 3 is 2.33 bits per heavy atom. The summed E-state index contributed by atoms with van der Waals surface area (Å²) >= 11 is 0. The van der Waals surface area contributed by atoms with E-state index < -0.39 is 0 Å². The summed E-state index contributed by atoms with van der Waals surface area (Å²) in [6, 6.07) is 7.43. The lowest BCUT2D eigenvalue weighted by molar-refractivity contribution is 0.165. The van der Waals surface area contributed by atoms with Gasteiger partial charge in [0.1, 0.15) is 5.75 Å². The van der Waals surface area contributed by atoms with Crippen molar-refractivity contribution in [2.75, 3.05) is 20.2 Å². The Morgan fingerprint density at radius 1 is 1.00 bits per heavy atom. The van der Waals surface area contributed by atoms with Crippen molar-refractivity contribution in [2.45, 2.75) is 51.0 Å². The first-order valence-electron chi connectivity index (χ1n) is 8.71. The van der Waals surface area contributed by atoms with E-state index in [1.807, 2.05) is 0 Å². The van der Waals surface area contributed by atoms with Crippen molar-refractivity contribution in [1.82, 2.24) is 4.90 Å². The number of fused-ring (bicyclic) bond motifs is 1. The molecule has 0 saturated heterocycles. The van der Waals surface area contributed by atoms with Crippen molar-refractivity contribution in [3.8, 4) is 5.75 Å². The Bertz CT molecular complexity index is 490. The van der Waals surface area contributed by atoms with E-state index >= 15 is 0 Å². The van der Waals surface area contributed by atoms with E-state index in [-0.39, 0.29) is 0 Å². The fourth-order valence-corrected chi connectivity index (χ4v) is 3.79. The smallest absolute Gasteiger partial charge is 0.119 e. The highest BCUT2D eigenvalue weighted by Gasteiger charge is 2.33. The normalized spacial score (nSPS) is 25.0. The van der Waals surface area contributed by atoms with Gasteiger partial charge < -0.3 is 4.74 Å². The first-order chi connectivity index (χ1) is 10.3. The highest BCUT2D eigenvalue weighted by molar-refractivity contribution is 5.38. The maximum Gasteiger partial charge on any atom is 0.119 e. The van der Waals surface area contributed by atoms with Crippen LogP contribution in [0, 0.1) is 11.8 Å². The average molecular weight is 285 g/mol. The molecule has 1 atom stereocenters. The summed E-state index contributed by atoms with van der Waals surface area (Å²) in [5.74, 6) is 3.04. The molecule has 114 valence electrons. The van der Waals surface area contributed by atoms with Crippen LogP contribution in [0.4, 0.5) is 0 Å². The van der Waals surface area contributed by atoms with Gasteiger partial charge >= 0.3 is 0 Å². The van der Waals surface area contributed by atoms with Crippen LogP contribution < -0.4 is 4.74 Å². The molecule has 3 aliphatic rings. The third kappa shape index (κ3) is 3.26. The monoisotopic (exact) mass is 285 g/mol. The third-order valence-electron chi connectivity index (χ3n) is 5.51. The van der Waals surface area contributed by atoms with Crippen molar-refractivity contribution in [3.05, 3.63) is 29.3 Å². The zero-order valence-electron chi connectivity index (χ0n) is 13.2. The molecule has 0 amide bonds. The molecule has 2 nitrogen and oxygen atoms in total. The molecule has 0 aliphatic heterocycles. The number of hydrogen-bond acceptors (Lipinski definition) is 2. The van der Waals surface area contributed by atoms with Crippen molar-refractivity contribution < 1.29 is 4.74 Å². The molecule has 21 heavy (non-hydrogen) atoms. The molecule has 0 bridgehead atoms. The van der Waals surface area contributed by atoms with Gasteiger partial charge in [0.2, 0.25) is 0 Å². The van der Waals surface area contributed by atoms with E-state index in [4.69, 9.17) is 4.74 Å². The lowest BCUT2D eigenvalue weighted by atomic mass is 9.87. The molecule has 2 fully saturated rings. The van der Waals surface area contributed by atoms with Crippen LogP contribution in [-0.4, -0.2) is 31.1 Å². The van der Waals surface area contributed by atoms with E-state index in [0.29, 0.717) is 0 Å². The molecule has 1 aromatic rings. The zero-order chi connectivity index (χ0) is 14.2. The van der Waals surface area contributed by atoms with Gasteiger partial charge in [-0.2, -0.15) is 0 Å². The summed E-state index contributed by atoms with van der Waals surface area (Å²) in [5, 5.41) is 0. The fourth-order valence-electron chi connectivity index (χ4n) is 3.79. The zero-order valence-corrected chi connectivity index (χ0v) is 13.2. The summed E-state index contributed by atoms with van der Waals surface area (Å²) < 4.78 is 5.41. The van der Waals surface area contributed by atoms with E-state index in [1.54, 1.807) is 12.7 Å². The molecule has 0 spiro atoms. The predicted octanol–water partition coefficient (Wildman–Crippen LogP) is 3.67. The Labute approximate surface area is 128 Å². The van der Waals surface area contributed by atoms with Crippen molar-refractivity contribution in [2.24, 2.45) is 11.8 Å². The largest absolute Gasteiger partial charge is 0.497 e. The first kappa shape index (κ1) is 13.6. The predicted molar refractivity (Wildman–Crippen MR) is 85.8 cm³/mol. The number of benzene rings is 1. The molecule has 0 N–H and O–H groups in total. The van der Waals surface area contributed by atoms with Crippen LogP contribution in [0.25, 0.3) is 0 Å². The molecule has 4 rings (SSSR count). The number of nitrogens with zero attached hydrogens (tertiary/aromatic N) is 1. The van der Waals surface area contributed by atoms with Gasteiger partial charge in [-0.25, -0.2) is 0 Å². The minimum absolute atomic E-state index is 0.769. The third-order valence-corrected chi connectivity index (χ3v) is 5.51. The van der Waals surface area contributed by atoms with Gasteiger partial charge in [0.25, 0.3) is 0 Å². The van der Waals surface area contributed by atoms with Gasteiger partial charge in [0, 0.05) is 19.1 Å². The molecule has 1 aromatic carbocycles. The van der Waals surface area contributed by atoms with Crippen LogP contribution in [0.3, 0.4) is 0 Å². The Hall–Kier alpha value is -1.02. The topological polar surface area (TPSA) is 12.5 Å². The minimum Gasteiger partial charge on any atom is -0.497 e. The Morgan fingerprint density at radius 2 is 1.71 bits per heavy atom. The standard InChI is InChI=1S/C19H27NO/c1-21-19-9-7-16-6-8-18(10-17(16)11-19)20(12-14-2-3-14)13-15-4-5-15/h7,9,11,14-15,18H,2-6,8,10,12-13H2,1H3. The van der Waals surface area contributed by atoms with E-state index in [2.05, 4.69) is 23.1 Å². The molecule has 0 aromatic heterocycles. The molecular weight excluding hydrogens is 258 g/mol. The van der Waals surface area contributed by atoms with E-state index in [9.17, 15) is 0 Å². The average Bonchev–Trinajstić information content (AvgIpc) is 3.41. The quantitative estimate of drug-likeness (QED) is 0.790. The van der Waals surface area contributed by atoms with Gasteiger partial charge in [0.15, 0.2) is 0 Å². The van der Waals surface area contributed by atoms with Gasteiger partial charge in [-0.3, -0.25) is 4.90 Å². The SMILES string of the molecule is COc1ccc2c(c1)CC(N(CC1CC1)CC1CC1)CC2. The van der Waals surface area contributed by atoms with Crippen LogP contribution in [0.15, 0.2) is 18.2 Å². The second-order valence-electron chi connectivity index (χ2n) is 7.37. The number of aryl methyl sites for hydroxylation is 1. The molecule has 3 aliphatic carbocycles. The highest BCUT2D eigenvalue weighted by Crippen LogP contribution is 2.37. The lowest BCUT2D eigenvalue weighted by Gasteiger charge is -2.35. The molecule has 2 heteroatoms. The number of rotatable bonds is 6. The van der Waals surface area contributed by atoms with Gasteiger partial charge in [-0.1, -0.05) is 6.07 Å². The first-order valence-corrected chi connectivity index (χ1v) is 8.71. The van der Waals surface area contributed by atoms with Gasteiger partial charge in [0.05, 0.1) is 7.11 Å². The van der Waals surface area contributed by atoms with Crippen LogP contribution in [0.1, 0.15) is 43.2 Å². The van der Waals surface area contributed by atoms with Gasteiger partial charge in [-0.15, -0.1) is 0 Å². The lowest BCUT2D eigenvalue weighted by Crippen LogP contribution is -2.41. The summed E-state index contributed by atoms with van der Waals surface area (Å²) in [6.45, 7) is 2.72. The number of ether oxygens (including phenoxy) is 1. The van der Waals surface area contributed by atoms with Crippen LogP contribution in [0.2, 0.25) is 0 Å². The summed E-state index contributed by atoms with van der Waals surface area (Å²) in [5.41, 5.74) is 3.08. The van der Waals surface area contributed by atoms with Crippen LogP contribution >= 0.6 is 0 Å². The van der Waals surface area contributed by atoms with Crippen molar-refractivity contribution in [3.63, 3.8) is 0 Å². The highest BCUT2D eigenvalue weighted by atomic mass is 16.5. The second-order valence-corrected chi connectivity index (χ2v) is 7.37. The van der Waals surface area contributed by atoms with Crippen molar-refractivity contribution >= 4 is 0 Å². The Balaban J connectivity index is 1.48. The van der Waals surface area contributed by atoms with Crippen LogP contribution in [0.5, 0.6) is 5.75 Å². The second kappa shape index (κ2) is 5.64. The van der Waals surface area contributed by atoms with Crippen molar-refractivity contribution in [1.29, 1.82) is 0 Å². The molecule has 1 unspecified atom stereocenters. The molecule has 0 heterocycles. The maximum absolute atomic E-state index is 5.41. The molecular formula is C19H27NO. The number of hydrogen-bond donors (Lipinski definition) is 0. The minimum atomic E-state index is 0.769. The van der Waals surface area contributed by atoms with E-state index in [0.717, 1.165) is 23.6 Å². The van der Waals surface area contributed by atoms with Gasteiger partial charge in [-0.05, 0) is 80.0 Å². The van der Waals surface area contributed by atoms with E-state index in [1.165, 1.54) is 63.6 Å². The summed E-state index contributed by atoms with van der Waals surface area (Å²) in [6.07, 6.45) is 9.70. The van der Waals surface area contributed by atoms with Crippen LogP contribution in [-0.2, 0) is 12.8 Å². The number of methoxy groups -OCH3 is 1. The fraction of sp³-hybridized carbons (Fsp3) is 0.684. The Kier molecular flexibility index (Phi) is 3.66. The summed E-state index contributed by atoms with van der Waals surface area (Å²) in [4.78, 5) is 2.84.